The third kappa shape index (κ3) is 7.24. The van der Waals surface area contributed by atoms with E-state index in [1.807, 2.05) is 24.3 Å². The van der Waals surface area contributed by atoms with Gasteiger partial charge in [0, 0.05) is 35.8 Å². The van der Waals surface area contributed by atoms with Gasteiger partial charge in [0.25, 0.3) is 0 Å². The zero-order chi connectivity index (χ0) is 20.6. The number of hydrogen-bond donors (Lipinski definition) is 1. The SMILES string of the molecule is Cl.Cl.Clc1ccccc1COc1ccc2ccccc2c1CNCCCN1CCOCC1. The molecule has 0 aliphatic carbocycles. The molecule has 32 heavy (non-hydrogen) atoms. The molecule has 0 unspecified atom stereocenters. The number of ether oxygens (including phenoxy) is 2. The van der Waals surface area contributed by atoms with Crippen molar-refractivity contribution >= 4 is 47.2 Å². The summed E-state index contributed by atoms with van der Waals surface area (Å²) in [5.41, 5.74) is 2.20. The number of benzene rings is 3. The van der Waals surface area contributed by atoms with Crippen molar-refractivity contribution in [2.45, 2.75) is 19.6 Å². The highest BCUT2D eigenvalue weighted by Crippen LogP contribution is 2.29. The quantitative estimate of drug-likeness (QED) is 0.383. The van der Waals surface area contributed by atoms with Crippen LogP contribution in [0.15, 0.2) is 60.7 Å². The van der Waals surface area contributed by atoms with Crippen LogP contribution in [0, 0.1) is 0 Å². The van der Waals surface area contributed by atoms with Crippen molar-refractivity contribution in [3.8, 4) is 5.75 Å². The van der Waals surface area contributed by atoms with Gasteiger partial charge in [-0.25, -0.2) is 0 Å². The maximum Gasteiger partial charge on any atom is 0.124 e. The Kier molecular flexibility index (Phi) is 11.6. The van der Waals surface area contributed by atoms with Crippen LogP contribution >= 0.6 is 36.4 Å². The molecule has 3 aromatic carbocycles. The molecule has 1 N–H and O–H groups in total. The van der Waals surface area contributed by atoms with Gasteiger partial charge in [-0.2, -0.15) is 0 Å². The lowest BCUT2D eigenvalue weighted by Crippen LogP contribution is -2.37. The summed E-state index contributed by atoms with van der Waals surface area (Å²) in [5.74, 6) is 0.911. The minimum atomic E-state index is 0. The molecule has 0 aromatic heterocycles. The van der Waals surface area contributed by atoms with Crippen LogP contribution in [0.5, 0.6) is 5.75 Å². The molecule has 0 atom stereocenters. The zero-order valence-electron chi connectivity index (χ0n) is 18.1. The molecule has 4 rings (SSSR count). The van der Waals surface area contributed by atoms with E-state index in [0.29, 0.717) is 6.61 Å². The molecule has 1 heterocycles. The highest BCUT2D eigenvalue weighted by Gasteiger charge is 2.11. The van der Waals surface area contributed by atoms with E-state index in [9.17, 15) is 0 Å². The first-order valence-electron chi connectivity index (χ1n) is 10.7. The molecule has 1 saturated heterocycles. The summed E-state index contributed by atoms with van der Waals surface area (Å²) in [4.78, 5) is 2.47. The summed E-state index contributed by atoms with van der Waals surface area (Å²) in [7, 11) is 0. The van der Waals surface area contributed by atoms with Gasteiger partial charge < -0.3 is 14.8 Å². The van der Waals surface area contributed by atoms with E-state index < -0.39 is 0 Å². The third-order valence-electron chi connectivity index (χ3n) is 5.57. The minimum absolute atomic E-state index is 0. The van der Waals surface area contributed by atoms with E-state index in [1.54, 1.807) is 0 Å². The third-order valence-corrected chi connectivity index (χ3v) is 5.94. The van der Waals surface area contributed by atoms with Crippen molar-refractivity contribution in [1.82, 2.24) is 10.2 Å². The van der Waals surface area contributed by atoms with E-state index in [-0.39, 0.29) is 24.8 Å². The Hall–Kier alpha value is -1.53. The van der Waals surface area contributed by atoms with Crippen molar-refractivity contribution in [2.75, 3.05) is 39.4 Å². The van der Waals surface area contributed by atoms with Crippen molar-refractivity contribution in [1.29, 1.82) is 0 Å². The van der Waals surface area contributed by atoms with Crippen molar-refractivity contribution in [3.63, 3.8) is 0 Å². The summed E-state index contributed by atoms with van der Waals surface area (Å²) >= 11 is 6.30. The first kappa shape index (κ1) is 26.7. The van der Waals surface area contributed by atoms with Gasteiger partial charge in [0.1, 0.15) is 12.4 Å². The van der Waals surface area contributed by atoms with Crippen LogP contribution < -0.4 is 10.1 Å². The van der Waals surface area contributed by atoms with Gasteiger partial charge in [-0.3, -0.25) is 4.90 Å². The first-order chi connectivity index (χ1) is 14.8. The lowest BCUT2D eigenvalue weighted by atomic mass is 10.0. The highest BCUT2D eigenvalue weighted by atomic mass is 35.5. The summed E-state index contributed by atoms with van der Waals surface area (Å²) in [5, 5.41) is 6.82. The number of fused-ring (bicyclic) bond motifs is 1. The molecular weight excluding hydrogens is 467 g/mol. The van der Waals surface area contributed by atoms with Gasteiger partial charge in [-0.15, -0.1) is 24.8 Å². The molecule has 1 aliphatic heterocycles. The van der Waals surface area contributed by atoms with E-state index in [1.165, 1.54) is 16.3 Å². The van der Waals surface area contributed by atoms with Gasteiger partial charge in [0.15, 0.2) is 0 Å². The molecule has 3 aromatic rings. The monoisotopic (exact) mass is 496 g/mol. The Morgan fingerprint density at radius 1 is 0.938 bits per heavy atom. The van der Waals surface area contributed by atoms with Crippen molar-refractivity contribution in [2.24, 2.45) is 0 Å². The summed E-state index contributed by atoms with van der Waals surface area (Å²) in [6.07, 6.45) is 1.13. The Bertz CT molecular complexity index is 965. The Labute approximate surface area is 208 Å². The first-order valence-corrected chi connectivity index (χ1v) is 11.1. The maximum atomic E-state index is 6.30. The molecule has 1 fully saturated rings. The largest absolute Gasteiger partial charge is 0.488 e. The molecule has 0 amide bonds. The standard InChI is InChI=1S/C25H29ClN2O2.2ClH/c26-24-9-4-2-7-21(24)19-30-25-11-10-20-6-1-3-8-22(20)23(25)18-27-12-5-13-28-14-16-29-17-15-28;;/h1-4,6-11,27H,5,12-19H2;2*1H. The lowest BCUT2D eigenvalue weighted by molar-refractivity contribution is 0.0374. The Morgan fingerprint density at radius 2 is 1.69 bits per heavy atom. The van der Waals surface area contributed by atoms with Gasteiger partial charge in [0.2, 0.25) is 0 Å². The number of morpholine rings is 1. The number of halogens is 3. The van der Waals surface area contributed by atoms with Crippen LogP contribution in [-0.4, -0.2) is 44.3 Å². The number of rotatable bonds is 9. The van der Waals surface area contributed by atoms with Crippen LogP contribution in [0.25, 0.3) is 10.8 Å². The van der Waals surface area contributed by atoms with Crippen molar-refractivity contribution in [3.05, 3.63) is 76.8 Å². The summed E-state index contributed by atoms with van der Waals surface area (Å²) < 4.78 is 11.6. The van der Waals surface area contributed by atoms with E-state index in [2.05, 4.69) is 46.6 Å². The molecule has 0 bridgehead atoms. The molecule has 1 aliphatic rings. The predicted molar refractivity (Wildman–Crippen MR) is 138 cm³/mol. The Morgan fingerprint density at radius 3 is 2.50 bits per heavy atom. The van der Waals surface area contributed by atoms with Gasteiger partial charge in [0.05, 0.1) is 13.2 Å². The number of hydrogen-bond acceptors (Lipinski definition) is 4. The average Bonchev–Trinajstić information content (AvgIpc) is 2.79. The zero-order valence-corrected chi connectivity index (χ0v) is 20.5. The lowest BCUT2D eigenvalue weighted by Gasteiger charge is -2.26. The molecule has 0 saturated carbocycles. The minimum Gasteiger partial charge on any atom is -0.488 e. The molecular formula is C25H31Cl3N2O2. The van der Waals surface area contributed by atoms with Gasteiger partial charge >= 0.3 is 0 Å². The van der Waals surface area contributed by atoms with Crippen LogP contribution in [-0.2, 0) is 17.9 Å². The normalized spacial score (nSPS) is 13.9. The molecule has 0 radical (unpaired) electrons. The van der Waals surface area contributed by atoms with Gasteiger partial charge in [-0.1, -0.05) is 60.1 Å². The van der Waals surface area contributed by atoms with Gasteiger partial charge in [-0.05, 0) is 42.4 Å². The topological polar surface area (TPSA) is 33.7 Å². The summed E-state index contributed by atoms with van der Waals surface area (Å²) in [6, 6.07) is 20.5. The fraction of sp³-hybridized carbons (Fsp3) is 0.360. The molecule has 7 heteroatoms. The van der Waals surface area contributed by atoms with Crippen LogP contribution in [0.2, 0.25) is 5.02 Å². The smallest absolute Gasteiger partial charge is 0.124 e. The van der Waals surface area contributed by atoms with E-state index in [4.69, 9.17) is 21.1 Å². The highest BCUT2D eigenvalue weighted by molar-refractivity contribution is 6.31. The van der Waals surface area contributed by atoms with Crippen LogP contribution in [0.4, 0.5) is 0 Å². The van der Waals surface area contributed by atoms with Crippen LogP contribution in [0.1, 0.15) is 17.5 Å². The fourth-order valence-corrected chi connectivity index (χ4v) is 4.06. The fourth-order valence-electron chi connectivity index (χ4n) is 3.87. The molecule has 174 valence electrons. The molecule has 4 nitrogen and oxygen atoms in total. The van der Waals surface area contributed by atoms with Crippen LogP contribution in [0.3, 0.4) is 0 Å². The molecule has 0 spiro atoms. The number of nitrogens with one attached hydrogen (secondary N) is 1. The predicted octanol–water partition coefficient (Wildman–Crippen LogP) is 5.73. The van der Waals surface area contributed by atoms with E-state index >= 15 is 0 Å². The maximum absolute atomic E-state index is 6.30. The average molecular weight is 498 g/mol. The second-order valence-corrected chi connectivity index (χ2v) is 8.04. The Balaban J connectivity index is 0.00000181. The van der Waals surface area contributed by atoms with Crippen molar-refractivity contribution < 1.29 is 9.47 Å². The second kappa shape index (κ2) is 13.9. The second-order valence-electron chi connectivity index (χ2n) is 7.63. The van der Waals surface area contributed by atoms with E-state index in [0.717, 1.165) is 68.7 Å². The summed E-state index contributed by atoms with van der Waals surface area (Å²) in [6.45, 7) is 7.13. The number of nitrogens with zero attached hydrogens (tertiary/aromatic N) is 1.